The molecule has 0 atom stereocenters. The van der Waals surface area contributed by atoms with E-state index in [0.29, 0.717) is 31.1 Å². The second-order valence-electron chi connectivity index (χ2n) is 6.36. The molecule has 2 N–H and O–H groups in total. The minimum Gasteiger partial charge on any atom is -0.490 e. The number of benzene rings is 1. The Kier molecular flexibility index (Phi) is 9.76. The number of alkyl halides is 2. The number of guanidine groups is 1. The summed E-state index contributed by atoms with van der Waals surface area (Å²) in [6, 6.07) is 10.9. The van der Waals surface area contributed by atoms with Crippen molar-refractivity contribution < 1.29 is 18.3 Å². The van der Waals surface area contributed by atoms with Gasteiger partial charge in [-0.3, -0.25) is 4.99 Å². The Morgan fingerprint density at radius 1 is 1.19 bits per heavy atom. The van der Waals surface area contributed by atoms with Crippen molar-refractivity contribution in [3.05, 3.63) is 60.0 Å². The van der Waals surface area contributed by atoms with Crippen LogP contribution in [0.1, 0.15) is 18.2 Å². The van der Waals surface area contributed by atoms with Gasteiger partial charge in [0.15, 0.2) is 17.5 Å². The van der Waals surface area contributed by atoms with Gasteiger partial charge >= 0.3 is 6.61 Å². The number of fused-ring (bicyclic) bond motifs is 1. The van der Waals surface area contributed by atoms with E-state index in [1.807, 2.05) is 35.0 Å². The van der Waals surface area contributed by atoms with Crippen LogP contribution < -0.4 is 20.1 Å². The summed E-state index contributed by atoms with van der Waals surface area (Å²) < 4.78 is 37.8. The van der Waals surface area contributed by atoms with Crippen molar-refractivity contribution in [3.8, 4) is 11.5 Å². The van der Waals surface area contributed by atoms with E-state index in [9.17, 15) is 8.78 Å². The molecule has 0 bridgehead atoms. The fourth-order valence-corrected chi connectivity index (χ4v) is 3.01. The molecule has 1 aromatic carbocycles. The molecule has 168 valence electrons. The van der Waals surface area contributed by atoms with Crippen molar-refractivity contribution >= 4 is 35.6 Å². The molecule has 0 aliphatic rings. The standard InChI is InChI=1S/C21H25F2N5O2.HI/c1-3-29-17-8-6-7-15(19(17)30-20(22)23)13-26-21(24-2)25-11-10-16-14-28-12-5-4-9-18(28)27-16;/h4-9,12,14,20H,3,10-11,13H2,1-2H3,(H2,24,25,26);1H. The second kappa shape index (κ2) is 12.3. The van der Waals surface area contributed by atoms with Gasteiger partial charge in [0.25, 0.3) is 0 Å². The molecule has 0 fully saturated rings. The minimum absolute atomic E-state index is 0. The van der Waals surface area contributed by atoms with E-state index < -0.39 is 6.61 Å². The number of aromatic nitrogens is 2. The molecule has 0 aliphatic heterocycles. The van der Waals surface area contributed by atoms with Crippen molar-refractivity contribution in [2.75, 3.05) is 20.2 Å². The summed E-state index contributed by atoms with van der Waals surface area (Å²) in [6.07, 6.45) is 4.65. The lowest BCUT2D eigenvalue weighted by molar-refractivity contribution is -0.0520. The summed E-state index contributed by atoms with van der Waals surface area (Å²) >= 11 is 0. The van der Waals surface area contributed by atoms with Gasteiger partial charge in [-0.25, -0.2) is 4.98 Å². The van der Waals surface area contributed by atoms with Crippen LogP contribution in [-0.4, -0.2) is 42.2 Å². The number of hydrogen-bond donors (Lipinski definition) is 2. The van der Waals surface area contributed by atoms with Crippen LogP contribution in [0.3, 0.4) is 0 Å². The largest absolute Gasteiger partial charge is 0.490 e. The van der Waals surface area contributed by atoms with Crippen molar-refractivity contribution in [1.82, 2.24) is 20.0 Å². The highest BCUT2D eigenvalue weighted by Crippen LogP contribution is 2.32. The summed E-state index contributed by atoms with van der Waals surface area (Å²) in [5.74, 6) is 0.859. The zero-order valence-electron chi connectivity index (χ0n) is 17.3. The number of hydrogen-bond acceptors (Lipinski definition) is 4. The SMILES string of the molecule is CCOc1cccc(CNC(=NC)NCCc2cn3ccccc3n2)c1OC(F)F.I. The van der Waals surface area contributed by atoms with Crippen LogP contribution in [0.4, 0.5) is 8.78 Å². The van der Waals surface area contributed by atoms with E-state index in [1.165, 1.54) is 0 Å². The van der Waals surface area contributed by atoms with Crippen molar-refractivity contribution in [2.24, 2.45) is 4.99 Å². The predicted octanol–water partition coefficient (Wildman–Crippen LogP) is 3.86. The second-order valence-corrected chi connectivity index (χ2v) is 6.36. The Balaban J connectivity index is 0.00000341. The molecule has 0 spiro atoms. The predicted molar refractivity (Wildman–Crippen MR) is 127 cm³/mol. The van der Waals surface area contributed by atoms with Gasteiger partial charge in [-0.1, -0.05) is 18.2 Å². The molecule has 3 rings (SSSR count). The number of nitrogens with one attached hydrogen (secondary N) is 2. The van der Waals surface area contributed by atoms with Crippen LogP contribution in [0.5, 0.6) is 11.5 Å². The van der Waals surface area contributed by atoms with Crippen molar-refractivity contribution in [2.45, 2.75) is 26.5 Å². The Morgan fingerprint density at radius 2 is 2.03 bits per heavy atom. The van der Waals surface area contributed by atoms with E-state index in [-0.39, 0.29) is 42.0 Å². The van der Waals surface area contributed by atoms with E-state index in [1.54, 1.807) is 32.2 Å². The van der Waals surface area contributed by atoms with Gasteiger partial charge < -0.3 is 24.5 Å². The van der Waals surface area contributed by atoms with Crippen LogP contribution in [0.15, 0.2) is 53.8 Å². The van der Waals surface area contributed by atoms with Gasteiger partial charge in [0.1, 0.15) is 5.65 Å². The maximum absolute atomic E-state index is 12.8. The minimum atomic E-state index is -2.94. The third-order valence-corrected chi connectivity index (χ3v) is 4.32. The first-order valence-corrected chi connectivity index (χ1v) is 9.67. The third-order valence-electron chi connectivity index (χ3n) is 4.32. The lowest BCUT2D eigenvalue weighted by Gasteiger charge is -2.17. The third kappa shape index (κ3) is 6.94. The Morgan fingerprint density at radius 3 is 2.74 bits per heavy atom. The van der Waals surface area contributed by atoms with Crippen LogP contribution in [0, 0.1) is 0 Å². The molecular formula is C21H26F2IN5O2. The highest BCUT2D eigenvalue weighted by Gasteiger charge is 2.16. The number of halogens is 3. The summed E-state index contributed by atoms with van der Waals surface area (Å²) in [5.41, 5.74) is 2.40. The van der Waals surface area contributed by atoms with E-state index in [0.717, 1.165) is 11.3 Å². The molecule has 2 heterocycles. The molecule has 0 radical (unpaired) electrons. The zero-order chi connectivity index (χ0) is 21.3. The van der Waals surface area contributed by atoms with Gasteiger partial charge in [0, 0.05) is 44.5 Å². The molecule has 0 aliphatic carbocycles. The van der Waals surface area contributed by atoms with E-state index in [4.69, 9.17) is 9.47 Å². The average molecular weight is 545 g/mol. The van der Waals surface area contributed by atoms with Crippen LogP contribution in [0.2, 0.25) is 0 Å². The maximum Gasteiger partial charge on any atom is 0.387 e. The van der Waals surface area contributed by atoms with Gasteiger partial charge in [0.05, 0.1) is 12.3 Å². The molecule has 0 unspecified atom stereocenters. The molecule has 0 saturated carbocycles. The van der Waals surface area contributed by atoms with Crippen LogP contribution >= 0.6 is 24.0 Å². The quantitative estimate of drug-likeness (QED) is 0.243. The molecule has 0 amide bonds. The number of nitrogens with zero attached hydrogens (tertiary/aromatic N) is 3. The van der Waals surface area contributed by atoms with Gasteiger partial charge in [-0.2, -0.15) is 8.78 Å². The van der Waals surface area contributed by atoms with Crippen LogP contribution in [-0.2, 0) is 13.0 Å². The number of rotatable bonds is 9. The topological polar surface area (TPSA) is 72.2 Å². The fraction of sp³-hybridized carbons (Fsp3) is 0.333. The molecule has 31 heavy (non-hydrogen) atoms. The monoisotopic (exact) mass is 545 g/mol. The number of para-hydroxylation sites is 1. The Labute approximate surface area is 196 Å². The lowest BCUT2D eigenvalue weighted by atomic mass is 10.2. The lowest BCUT2D eigenvalue weighted by Crippen LogP contribution is -2.38. The molecule has 7 nitrogen and oxygen atoms in total. The highest BCUT2D eigenvalue weighted by molar-refractivity contribution is 14.0. The number of pyridine rings is 1. The van der Waals surface area contributed by atoms with E-state index in [2.05, 4.69) is 20.6 Å². The van der Waals surface area contributed by atoms with Crippen molar-refractivity contribution in [1.29, 1.82) is 0 Å². The Hall–Kier alpha value is -2.63. The maximum atomic E-state index is 12.8. The number of imidazole rings is 1. The fourth-order valence-electron chi connectivity index (χ4n) is 3.01. The molecule has 10 heteroatoms. The van der Waals surface area contributed by atoms with E-state index >= 15 is 0 Å². The summed E-state index contributed by atoms with van der Waals surface area (Å²) in [7, 11) is 1.65. The summed E-state index contributed by atoms with van der Waals surface area (Å²) in [5, 5.41) is 6.32. The smallest absolute Gasteiger partial charge is 0.387 e. The normalized spacial score (nSPS) is 11.3. The molecular weight excluding hydrogens is 519 g/mol. The molecule has 3 aromatic rings. The summed E-state index contributed by atoms with van der Waals surface area (Å²) in [6.45, 7) is 0.0578. The van der Waals surface area contributed by atoms with Crippen molar-refractivity contribution in [3.63, 3.8) is 0 Å². The summed E-state index contributed by atoms with van der Waals surface area (Å²) in [4.78, 5) is 8.73. The zero-order valence-corrected chi connectivity index (χ0v) is 19.7. The Bertz CT molecular complexity index is 964. The van der Waals surface area contributed by atoms with Gasteiger partial charge in [-0.15, -0.1) is 24.0 Å². The average Bonchev–Trinajstić information content (AvgIpc) is 3.15. The first kappa shape index (κ1) is 24.6. The van der Waals surface area contributed by atoms with Gasteiger partial charge in [-0.05, 0) is 25.1 Å². The molecule has 2 aromatic heterocycles. The number of aliphatic imine (C=N–C) groups is 1. The molecule has 0 saturated heterocycles. The first-order chi connectivity index (χ1) is 14.6. The number of ether oxygens (including phenoxy) is 2. The van der Waals surface area contributed by atoms with Gasteiger partial charge in [0.2, 0.25) is 0 Å². The highest BCUT2D eigenvalue weighted by atomic mass is 127. The van der Waals surface area contributed by atoms with Crippen LogP contribution in [0.25, 0.3) is 5.65 Å². The first-order valence-electron chi connectivity index (χ1n) is 9.67.